The highest BCUT2D eigenvalue weighted by Gasteiger charge is 2.07. The summed E-state index contributed by atoms with van der Waals surface area (Å²) in [5.41, 5.74) is 0.847. The first-order valence-electron chi connectivity index (χ1n) is 4.99. The van der Waals surface area contributed by atoms with Crippen LogP contribution in [0.2, 0.25) is 0 Å². The first-order valence-corrected chi connectivity index (χ1v) is 6.54. The fraction of sp³-hybridized carbons (Fsp3) is 0.400. The predicted molar refractivity (Wildman–Crippen MR) is 68.2 cm³/mol. The van der Waals surface area contributed by atoms with Crippen LogP contribution in [-0.2, 0) is 10.0 Å². The van der Waals surface area contributed by atoms with Crippen molar-refractivity contribution in [2.45, 2.75) is 18.7 Å². The summed E-state index contributed by atoms with van der Waals surface area (Å²) in [5, 5.41) is 4.95. The van der Waals surface area contributed by atoms with Crippen molar-refractivity contribution in [3.05, 3.63) is 24.3 Å². The van der Waals surface area contributed by atoms with Crippen molar-refractivity contribution in [3.8, 4) is 0 Å². The molecular weight excluding hydrogens is 223 g/mol. The molecule has 0 amide bonds. The first-order chi connectivity index (χ1) is 7.45. The van der Waals surface area contributed by atoms with Crippen LogP contribution in [0.3, 0.4) is 0 Å². The zero-order valence-corrected chi connectivity index (χ0v) is 10.7. The summed E-state index contributed by atoms with van der Waals surface area (Å²) in [5.74, 6) is 0. The Morgan fingerprint density at radius 2 is 1.69 bits per heavy atom. The van der Waals surface area contributed by atoms with E-state index in [-0.39, 0.29) is 4.90 Å². The number of benzene rings is 1. The van der Waals surface area contributed by atoms with Gasteiger partial charge in [-0.05, 0) is 30.7 Å². The lowest BCUT2D eigenvalue weighted by molar-refractivity contribution is 0.598. The van der Waals surface area contributed by atoms with Gasteiger partial charge >= 0.3 is 0 Å². The van der Waals surface area contributed by atoms with E-state index in [1.807, 2.05) is 20.9 Å². The lowest BCUT2D eigenvalue weighted by Crippen LogP contribution is -2.18. The van der Waals surface area contributed by atoms with Crippen molar-refractivity contribution in [2.24, 2.45) is 5.14 Å². The van der Waals surface area contributed by atoms with Gasteiger partial charge in [0.25, 0.3) is 0 Å². The number of hydrogen-bond donors (Lipinski definition) is 1. The average Bonchev–Trinajstić information content (AvgIpc) is 2.30. The van der Waals surface area contributed by atoms with Gasteiger partial charge in [0.05, 0.1) is 12.7 Å². The molecule has 6 heteroatoms. The van der Waals surface area contributed by atoms with Gasteiger partial charge in [-0.1, -0.05) is 13.8 Å². The summed E-state index contributed by atoms with van der Waals surface area (Å²) < 4.78 is 21.8. The maximum Gasteiger partial charge on any atom is 0.238 e. The molecule has 2 radical (unpaired) electrons. The van der Waals surface area contributed by atoms with E-state index in [1.54, 1.807) is 17.0 Å². The van der Waals surface area contributed by atoms with E-state index in [1.165, 1.54) is 12.1 Å². The minimum Gasteiger partial charge on any atom is -0.384 e. The van der Waals surface area contributed by atoms with Gasteiger partial charge in [0.15, 0.2) is 0 Å². The summed E-state index contributed by atoms with van der Waals surface area (Å²) in [4.78, 5) is 1.89. The molecule has 0 unspecified atom stereocenters. The molecule has 0 aliphatic carbocycles. The molecule has 0 spiro atoms. The minimum atomic E-state index is -3.60. The zero-order valence-electron chi connectivity index (χ0n) is 9.84. The quantitative estimate of drug-likeness (QED) is 0.799. The van der Waals surface area contributed by atoms with Crippen molar-refractivity contribution in [1.29, 1.82) is 0 Å². The summed E-state index contributed by atoms with van der Waals surface area (Å²) in [6.45, 7) is 4.00. The van der Waals surface area contributed by atoms with Crippen LogP contribution in [0, 0.1) is 0 Å². The van der Waals surface area contributed by atoms with Crippen LogP contribution in [0.25, 0.3) is 0 Å². The molecule has 1 rings (SSSR count). The molecule has 1 aromatic carbocycles. The second-order valence-electron chi connectivity index (χ2n) is 2.92. The summed E-state index contributed by atoms with van der Waals surface area (Å²) in [6.07, 6.45) is 0.370. The molecule has 88 valence electrons. The van der Waals surface area contributed by atoms with E-state index >= 15 is 0 Å². The Morgan fingerprint density at radius 1 is 1.25 bits per heavy atom. The SMILES string of the molecule is CC.[B]CN(C)c1ccc(S(N)(=O)=O)cc1. The molecule has 0 aliphatic heterocycles. The van der Waals surface area contributed by atoms with Crippen molar-refractivity contribution >= 4 is 23.6 Å². The van der Waals surface area contributed by atoms with Crippen LogP contribution in [0.1, 0.15) is 13.8 Å². The van der Waals surface area contributed by atoms with E-state index in [0.717, 1.165) is 5.69 Å². The molecular formula is C10H17BN2O2S. The molecule has 2 N–H and O–H groups in total. The Kier molecular flexibility index (Phi) is 6.14. The highest BCUT2D eigenvalue weighted by atomic mass is 32.2. The van der Waals surface area contributed by atoms with Gasteiger partial charge in [-0.2, -0.15) is 0 Å². The summed E-state index contributed by atoms with van der Waals surface area (Å²) >= 11 is 0. The van der Waals surface area contributed by atoms with E-state index in [4.69, 9.17) is 13.0 Å². The molecule has 0 heterocycles. The monoisotopic (exact) mass is 240 g/mol. The number of primary sulfonamides is 1. The Morgan fingerprint density at radius 3 is 2.00 bits per heavy atom. The Hall–Kier alpha value is -1.01. The molecule has 0 aromatic heterocycles. The van der Waals surface area contributed by atoms with Crippen molar-refractivity contribution in [2.75, 3.05) is 18.4 Å². The molecule has 1 aromatic rings. The Balaban J connectivity index is 0.00000106. The molecule has 4 nitrogen and oxygen atoms in total. The maximum absolute atomic E-state index is 10.9. The largest absolute Gasteiger partial charge is 0.384 e. The normalized spacial score (nSPS) is 10.2. The third kappa shape index (κ3) is 4.24. The van der Waals surface area contributed by atoms with Gasteiger partial charge in [-0.15, -0.1) is 0 Å². The van der Waals surface area contributed by atoms with Gasteiger partial charge in [0.2, 0.25) is 10.0 Å². The first kappa shape index (κ1) is 15.0. The molecule has 0 fully saturated rings. The third-order valence-corrected chi connectivity index (χ3v) is 2.81. The van der Waals surface area contributed by atoms with Gasteiger partial charge in [-0.3, -0.25) is 0 Å². The van der Waals surface area contributed by atoms with Crippen LogP contribution >= 0.6 is 0 Å². The summed E-state index contributed by atoms with van der Waals surface area (Å²) in [6, 6.07) is 6.23. The lowest BCUT2D eigenvalue weighted by atomic mass is 10.1. The fourth-order valence-electron chi connectivity index (χ4n) is 0.996. The van der Waals surface area contributed by atoms with Gasteiger partial charge in [0.1, 0.15) is 0 Å². The van der Waals surface area contributed by atoms with E-state index in [2.05, 4.69) is 0 Å². The average molecular weight is 240 g/mol. The second-order valence-corrected chi connectivity index (χ2v) is 4.48. The van der Waals surface area contributed by atoms with Gasteiger partial charge in [-0.25, -0.2) is 13.6 Å². The number of rotatable bonds is 3. The number of sulfonamides is 1. The fourth-order valence-corrected chi connectivity index (χ4v) is 1.51. The molecule has 0 aliphatic rings. The maximum atomic E-state index is 10.9. The molecule has 0 saturated heterocycles. The van der Waals surface area contributed by atoms with E-state index < -0.39 is 10.0 Å². The van der Waals surface area contributed by atoms with Crippen molar-refractivity contribution in [3.63, 3.8) is 0 Å². The predicted octanol–water partition coefficient (Wildman–Crippen LogP) is 0.922. The lowest BCUT2D eigenvalue weighted by Gasteiger charge is -2.16. The number of nitrogens with two attached hydrogens (primary N) is 1. The standard InChI is InChI=1S/C8H11BN2O2S.C2H6/c1-11(6-9)7-2-4-8(5-3-7)14(10,12)13;1-2/h2-5H,6H2,1H3,(H2,10,12,13);1-2H3. The highest BCUT2D eigenvalue weighted by molar-refractivity contribution is 7.89. The van der Waals surface area contributed by atoms with Crippen LogP contribution in [0.5, 0.6) is 0 Å². The molecule has 16 heavy (non-hydrogen) atoms. The number of hydrogen-bond acceptors (Lipinski definition) is 3. The number of nitrogens with zero attached hydrogens (tertiary/aromatic N) is 1. The van der Waals surface area contributed by atoms with Crippen molar-refractivity contribution in [1.82, 2.24) is 0 Å². The Labute approximate surface area is 98.9 Å². The Bertz CT molecular complexity index is 403. The topological polar surface area (TPSA) is 63.4 Å². The molecule has 0 atom stereocenters. The van der Waals surface area contributed by atoms with Crippen LogP contribution in [0.15, 0.2) is 29.2 Å². The zero-order chi connectivity index (χ0) is 12.8. The number of anilines is 1. The summed E-state index contributed by atoms with van der Waals surface area (Å²) in [7, 11) is 3.62. The van der Waals surface area contributed by atoms with Gasteiger partial charge in [0, 0.05) is 12.7 Å². The van der Waals surface area contributed by atoms with Crippen LogP contribution < -0.4 is 10.0 Å². The van der Waals surface area contributed by atoms with Crippen LogP contribution in [-0.4, -0.2) is 29.8 Å². The molecule has 0 saturated carbocycles. The smallest absolute Gasteiger partial charge is 0.238 e. The molecule has 0 bridgehead atoms. The van der Waals surface area contributed by atoms with Gasteiger partial charge < -0.3 is 4.90 Å². The van der Waals surface area contributed by atoms with E-state index in [0.29, 0.717) is 6.44 Å². The van der Waals surface area contributed by atoms with Crippen molar-refractivity contribution < 1.29 is 8.42 Å². The van der Waals surface area contributed by atoms with Crippen LogP contribution in [0.4, 0.5) is 5.69 Å². The highest BCUT2D eigenvalue weighted by Crippen LogP contribution is 2.15. The third-order valence-electron chi connectivity index (χ3n) is 1.88. The van der Waals surface area contributed by atoms with E-state index in [9.17, 15) is 8.42 Å². The second kappa shape index (κ2) is 6.55. The minimum absolute atomic E-state index is 0.103.